The molecule has 0 saturated carbocycles. The van der Waals surface area contributed by atoms with Gasteiger partial charge < -0.3 is 30.3 Å². The lowest BCUT2D eigenvalue weighted by Crippen LogP contribution is -2.28. The summed E-state index contributed by atoms with van der Waals surface area (Å²) in [7, 11) is 0. The third kappa shape index (κ3) is 5.91. The van der Waals surface area contributed by atoms with E-state index in [1.54, 1.807) is 24.3 Å². The largest absolute Gasteiger partial charge is 0.449 e. The molecule has 2 aliphatic rings. The highest BCUT2D eigenvalue weighted by Gasteiger charge is 2.35. The van der Waals surface area contributed by atoms with Crippen LogP contribution in [0.4, 0.5) is 10.6 Å². The van der Waals surface area contributed by atoms with Crippen LogP contribution in [-0.2, 0) is 16.0 Å². The number of rotatable bonds is 8. The van der Waals surface area contributed by atoms with Crippen LogP contribution >= 0.6 is 0 Å². The van der Waals surface area contributed by atoms with Crippen LogP contribution < -0.4 is 16.3 Å². The summed E-state index contributed by atoms with van der Waals surface area (Å²) in [6.07, 6.45) is -1.40. The van der Waals surface area contributed by atoms with Gasteiger partial charge in [0.2, 0.25) is 0 Å². The van der Waals surface area contributed by atoms with Crippen molar-refractivity contribution in [2.75, 3.05) is 18.5 Å². The number of hydrogen-bond donors (Lipinski definition) is 4. The molecule has 0 radical (unpaired) electrons. The summed E-state index contributed by atoms with van der Waals surface area (Å²) < 4.78 is 12.3. The van der Waals surface area contributed by atoms with Crippen LogP contribution in [0, 0.1) is 0 Å². The molecular weight excluding hydrogens is 552 g/mol. The van der Waals surface area contributed by atoms with Gasteiger partial charge in [0, 0.05) is 30.6 Å². The number of amides is 2. The number of nitrogens with zero attached hydrogens (tertiary/aromatic N) is 2. The molecule has 3 atom stereocenters. The highest BCUT2D eigenvalue weighted by molar-refractivity contribution is 6.03. The first-order chi connectivity index (χ1) is 20.9. The van der Waals surface area contributed by atoms with Crippen molar-refractivity contribution in [1.82, 2.24) is 14.9 Å². The van der Waals surface area contributed by atoms with Crippen LogP contribution in [0.5, 0.6) is 0 Å². The average molecular weight is 583 g/mol. The second kappa shape index (κ2) is 12.2. The number of hydrogen-bond acceptors (Lipinski definition) is 8. The fraction of sp³-hybridized carbons (Fsp3) is 0.250. The summed E-state index contributed by atoms with van der Waals surface area (Å²) >= 11 is 0. The smallest absolute Gasteiger partial charge is 0.407 e. The van der Waals surface area contributed by atoms with E-state index in [9.17, 15) is 24.6 Å². The molecule has 11 heteroatoms. The number of carbonyl (C=O) groups is 2. The molecule has 220 valence electrons. The van der Waals surface area contributed by atoms with Crippen molar-refractivity contribution in [3.63, 3.8) is 0 Å². The first-order valence-electron chi connectivity index (χ1n) is 13.9. The molecule has 1 fully saturated rings. The normalized spacial score (nSPS) is 19.0. The first-order valence-corrected chi connectivity index (χ1v) is 13.9. The van der Waals surface area contributed by atoms with E-state index < -0.39 is 36.1 Å². The summed E-state index contributed by atoms with van der Waals surface area (Å²) in [5.41, 5.74) is 5.04. The van der Waals surface area contributed by atoms with Gasteiger partial charge in [-0.3, -0.25) is 9.36 Å². The van der Waals surface area contributed by atoms with Crippen LogP contribution in [0.3, 0.4) is 0 Å². The lowest BCUT2D eigenvalue weighted by Gasteiger charge is -2.15. The van der Waals surface area contributed by atoms with E-state index >= 15 is 0 Å². The van der Waals surface area contributed by atoms with E-state index in [0.29, 0.717) is 5.56 Å². The Hall–Kier alpha value is -4.84. The van der Waals surface area contributed by atoms with Gasteiger partial charge >= 0.3 is 11.8 Å². The topological polar surface area (TPSA) is 152 Å². The predicted octanol–water partition coefficient (Wildman–Crippen LogP) is 3.18. The minimum absolute atomic E-state index is 0.0273. The van der Waals surface area contributed by atoms with Gasteiger partial charge in [0.25, 0.3) is 5.91 Å². The number of fused-ring (bicyclic) bond motifs is 3. The molecule has 1 aliphatic heterocycles. The molecule has 6 rings (SSSR count). The van der Waals surface area contributed by atoms with Gasteiger partial charge in [-0.2, -0.15) is 4.98 Å². The number of benzene rings is 3. The molecule has 2 heterocycles. The van der Waals surface area contributed by atoms with Crippen molar-refractivity contribution in [3.8, 4) is 11.1 Å². The van der Waals surface area contributed by atoms with Gasteiger partial charge in [-0.15, -0.1) is 0 Å². The van der Waals surface area contributed by atoms with Crippen molar-refractivity contribution in [1.29, 1.82) is 0 Å². The van der Waals surface area contributed by atoms with Crippen LogP contribution in [0.25, 0.3) is 11.1 Å². The second-order valence-corrected chi connectivity index (χ2v) is 10.4. The number of alkyl carbamates (subject to hydrolysis) is 1. The van der Waals surface area contributed by atoms with Gasteiger partial charge in [0.05, 0.1) is 12.7 Å². The number of aliphatic hydroxyl groups excluding tert-OH is 2. The van der Waals surface area contributed by atoms with Crippen LogP contribution in [0.1, 0.15) is 45.6 Å². The van der Waals surface area contributed by atoms with Gasteiger partial charge in [-0.1, -0.05) is 60.7 Å². The minimum Gasteiger partial charge on any atom is -0.449 e. The van der Waals surface area contributed by atoms with Crippen molar-refractivity contribution < 1.29 is 29.3 Å². The van der Waals surface area contributed by atoms with Crippen molar-refractivity contribution in [2.24, 2.45) is 0 Å². The Balaban J connectivity index is 1.00. The van der Waals surface area contributed by atoms with Crippen LogP contribution in [0.2, 0.25) is 0 Å². The summed E-state index contributed by atoms with van der Waals surface area (Å²) in [5, 5.41) is 24.5. The Kier molecular flexibility index (Phi) is 8.01. The Morgan fingerprint density at radius 1 is 0.977 bits per heavy atom. The van der Waals surface area contributed by atoms with Gasteiger partial charge in [-0.05, 0) is 46.0 Å². The molecule has 1 aliphatic carbocycles. The first kappa shape index (κ1) is 28.3. The molecule has 3 aromatic carbocycles. The summed E-state index contributed by atoms with van der Waals surface area (Å²) in [5.74, 6) is -0.432. The monoisotopic (exact) mass is 582 g/mol. The number of ether oxygens (including phenoxy) is 2. The molecule has 2 amide bonds. The molecule has 0 bridgehead atoms. The lowest BCUT2D eigenvalue weighted by atomic mass is 9.98. The van der Waals surface area contributed by atoms with Crippen molar-refractivity contribution in [2.45, 2.75) is 37.3 Å². The highest BCUT2D eigenvalue weighted by atomic mass is 16.6. The molecule has 4 N–H and O–H groups in total. The van der Waals surface area contributed by atoms with Gasteiger partial charge in [0.15, 0.2) is 0 Å². The fourth-order valence-electron chi connectivity index (χ4n) is 5.54. The van der Waals surface area contributed by atoms with E-state index in [-0.39, 0.29) is 37.9 Å². The SMILES string of the molecule is O=C(NCc1ccc(C(=O)Nc2ccn([C@H]3C[C@@H](O)[C@@H](CO)O3)c(=O)n2)cc1)OCC1c2ccccc2-c2ccccc21. The quantitative estimate of drug-likeness (QED) is 0.247. The Morgan fingerprint density at radius 3 is 2.28 bits per heavy atom. The molecule has 43 heavy (non-hydrogen) atoms. The van der Waals surface area contributed by atoms with Crippen LogP contribution in [0.15, 0.2) is 89.9 Å². The minimum atomic E-state index is -0.890. The van der Waals surface area contributed by atoms with Crippen molar-refractivity contribution in [3.05, 3.63) is 118 Å². The Bertz CT molecular complexity index is 1660. The molecule has 11 nitrogen and oxygen atoms in total. The summed E-state index contributed by atoms with van der Waals surface area (Å²) in [6.45, 7) is 0.0715. The molecule has 0 unspecified atom stereocenters. The highest BCUT2D eigenvalue weighted by Crippen LogP contribution is 2.44. The third-order valence-corrected chi connectivity index (χ3v) is 7.76. The summed E-state index contributed by atoms with van der Waals surface area (Å²) in [6, 6.07) is 24.4. The van der Waals surface area contributed by atoms with E-state index in [1.165, 1.54) is 16.8 Å². The number of nitrogens with one attached hydrogen (secondary N) is 2. The van der Waals surface area contributed by atoms with E-state index in [4.69, 9.17) is 9.47 Å². The fourth-order valence-corrected chi connectivity index (χ4v) is 5.54. The molecule has 1 aromatic heterocycles. The van der Waals surface area contributed by atoms with Crippen LogP contribution in [-0.4, -0.2) is 57.2 Å². The zero-order valence-electron chi connectivity index (χ0n) is 23.1. The molecule has 1 saturated heterocycles. The second-order valence-electron chi connectivity index (χ2n) is 10.4. The van der Waals surface area contributed by atoms with E-state index in [1.807, 2.05) is 24.3 Å². The average Bonchev–Trinajstić information content (AvgIpc) is 3.56. The molecular formula is C32H30N4O7. The number of aromatic nitrogens is 2. The maximum absolute atomic E-state index is 12.7. The third-order valence-electron chi connectivity index (χ3n) is 7.76. The number of anilines is 1. The molecule has 0 spiro atoms. The Labute approximate surface area is 246 Å². The standard InChI is InChI=1S/C32H30N4O7/c37-17-27-26(38)15-29(43-27)36-14-13-28(35-31(36)40)34-30(39)20-11-9-19(10-12-20)16-33-32(41)42-18-25-23-7-3-1-5-21(23)22-6-2-4-8-24(22)25/h1-14,25-27,29,37-38H,15-18H2,(H,33,41)(H,34,35,39,40)/t26-,27-,29-/m1/s1. The van der Waals surface area contributed by atoms with Gasteiger partial charge in [-0.25, -0.2) is 9.59 Å². The van der Waals surface area contributed by atoms with Crippen molar-refractivity contribution >= 4 is 17.8 Å². The zero-order chi connectivity index (χ0) is 29.9. The Morgan fingerprint density at radius 2 is 1.65 bits per heavy atom. The predicted molar refractivity (Wildman–Crippen MR) is 156 cm³/mol. The van der Waals surface area contributed by atoms with E-state index in [0.717, 1.165) is 27.8 Å². The molecule has 4 aromatic rings. The number of aliphatic hydroxyl groups is 2. The lowest BCUT2D eigenvalue weighted by molar-refractivity contribution is -0.0458. The zero-order valence-corrected chi connectivity index (χ0v) is 23.1. The van der Waals surface area contributed by atoms with E-state index in [2.05, 4.69) is 39.9 Å². The summed E-state index contributed by atoms with van der Waals surface area (Å²) in [4.78, 5) is 41.6. The maximum Gasteiger partial charge on any atom is 0.407 e. The maximum atomic E-state index is 12.7. The van der Waals surface area contributed by atoms with Gasteiger partial charge in [0.1, 0.15) is 24.8 Å². The number of carbonyl (C=O) groups excluding carboxylic acids is 2.